The van der Waals surface area contributed by atoms with Crippen LogP contribution in [0.3, 0.4) is 0 Å². The number of H-pyrrole nitrogens is 1. The van der Waals surface area contributed by atoms with Gasteiger partial charge in [-0.05, 0) is 51.9 Å². The van der Waals surface area contributed by atoms with Crippen LogP contribution >= 0.6 is 0 Å². The van der Waals surface area contributed by atoms with Gasteiger partial charge in [-0.1, -0.05) is 19.3 Å². The van der Waals surface area contributed by atoms with E-state index in [9.17, 15) is 9.59 Å². The SMILES string of the molecule is Cc1nc(C2CCCN2C(=O)c2cn[nH]c2C)nc2c1CCC(=O)N2CC1CCCCC1. The molecule has 0 bridgehead atoms. The smallest absolute Gasteiger partial charge is 0.257 e. The molecule has 1 atom stereocenters. The maximum Gasteiger partial charge on any atom is 0.257 e. The first-order chi connectivity index (χ1) is 15.5. The second-order valence-electron chi connectivity index (χ2n) is 9.54. The highest BCUT2D eigenvalue weighted by atomic mass is 16.2. The Morgan fingerprint density at radius 1 is 1.09 bits per heavy atom. The molecule has 8 heteroatoms. The molecule has 2 fully saturated rings. The quantitative estimate of drug-likeness (QED) is 0.789. The monoisotopic (exact) mass is 436 g/mol. The zero-order valence-electron chi connectivity index (χ0n) is 19.1. The first-order valence-corrected chi connectivity index (χ1v) is 12.0. The predicted octanol–water partition coefficient (Wildman–Crippen LogP) is 3.65. The molecular weight excluding hydrogens is 404 g/mol. The maximum absolute atomic E-state index is 13.2. The molecule has 1 saturated heterocycles. The Bertz CT molecular complexity index is 1030. The lowest BCUT2D eigenvalue weighted by molar-refractivity contribution is -0.119. The lowest BCUT2D eigenvalue weighted by Crippen LogP contribution is -2.41. The summed E-state index contributed by atoms with van der Waals surface area (Å²) < 4.78 is 0. The zero-order chi connectivity index (χ0) is 22.2. The van der Waals surface area contributed by atoms with Crippen molar-refractivity contribution in [2.75, 3.05) is 18.0 Å². The first kappa shape index (κ1) is 21.1. The van der Waals surface area contributed by atoms with Crippen molar-refractivity contribution in [3.8, 4) is 0 Å². The van der Waals surface area contributed by atoms with Crippen LogP contribution in [-0.4, -0.2) is 50.0 Å². The Kier molecular flexibility index (Phi) is 5.69. The van der Waals surface area contributed by atoms with Gasteiger partial charge in [0.05, 0.1) is 17.8 Å². The number of fused-ring (bicyclic) bond motifs is 1. The molecule has 32 heavy (non-hydrogen) atoms. The van der Waals surface area contributed by atoms with Gasteiger partial charge < -0.3 is 4.90 Å². The van der Waals surface area contributed by atoms with Crippen LogP contribution in [0.2, 0.25) is 0 Å². The van der Waals surface area contributed by atoms with Crippen LogP contribution in [0.15, 0.2) is 6.20 Å². The van der Waals surface area contributed by atoms with E-state index >= 15 is 0 Å². The summed E-state index contributed by atoms with van der Waals surface area (Å²) in [5.41, 5.74) is 3.39. The number of likely N-dealkylation sites (tertiary alicyclic amines) is 1. The standard InChI is InChI=1S/C24H32N6O2/c1-15-18-10-11-21(31)30(14-17-7-4-3-5-8-17)23(18)27-22(26-15)20-9-6-12-29(20)24(32)19-13-25-28-16(19)2/h13,17,20H,3-12,14H2,1-2H3,(H,25,28). The first-order valence-electron chi connectivity index (χ1n) is 12.0. The Labute approximate surface area is 188 Å². The molecule has 2 aromatic heterocycles. The third-order valence-corrected chi connectivity index (χ3v) is 7.39. The molecule has 1 saturated carbocycles. The largest absolute Gasteiger partial charge is 0.328 e. The lowest BCUT2D eigenvalue weighted by atomic mass is 9.88. The van der Waals surface area contributed by atoms with Gasteiger partial charge in [-0.25, -0.2) is 9.97 Å². The number of amides is 2. The highest BCUT2D eigenvalue weighted by Gasteiger charge is 2.36. The third kappa shape index (κ3) is 3.80. The number of hydrogen-bond donors (Lipinski definition) is 1. The number of rotatable bonds is 4. The summed E-state index contributed by atoms with van der Waals surface area (Å²) in [7, 11) is 0. The van der Waals surface area contributed by atoms with Crippen molar-refractivity contribution in [3.05, 3.63) is 34.5 Å². The van der Waals surface area contributed by atoms with E-state index in [2.05, 4.69) is 10.2 Å². The Morgan fingerprint density at radius 3 is 2.66 bits per heavy atom. The van der Waals surface area contributed by atoms with Crippen molar-refractivity contribution in [1.82, 2.24) is 25.1 Å². The van der Waals surface area contributed by atoms with Gasteiger partial charge in [-0.15, -0.1) is 0 Å². The molecule has 170 valence electrons. The van der Waals surface area contributed by atoms with Crippen molar-refractivity contribution in [2.24, 2.45) is 5.92 Å². The second kappa shape index (κ2) is 8.64. The summed E-state index contributed by atoms with van der Waals surface area (Å²) in [6, 6.07) is -0.172. The molecule has 4 heterocycles. The Morgan fingerprint density at radius 2 is 1.91 bits per heavy atom. The summed E-state index contributed by atoms with van der Waals surface area (Å²) in [6.07, 6.45) is 10.7. The lowest BCUT2D eigenvalue weighted by Gasteiger charge is -2.34. The van der Waals surface area contributed by atoms with Crippen molar-refractivity contribution >= 4 is 17.6 Å². The fourth-order valence-electron chi connectivity index (χ4n) is 5.57. The maximum atomic E-state index is 13.2. The molecule has 1 aliphatic carbocycles. The van der Waals surface area contributed by atoms with Crippen molar-refractivity contribution < 1.29 is 9.59 Å². The van der Waals surface area contributed by atoms with Crippen molar-refractivity contribution in [1.29, 1.82) is 0 Å². The van der Waals surface area contributed by atoms with Gasteiger partial charge in [-0.3, -0.25) is 19.6 Å². The number of carbonyl (C=O) groups excluding carboxylic acids is 2. The number of carbonyl (C=O) groups is 2. The van der Waals surface area contributed by atoms with Crippen molar-refractivity contribution in [2.45, 2.75) is 77.7 Å². The van der Waals surface area contributed by atoms with Gasteiger partial charge in [-0.2, -0.15) is 5.10 Å². The summed E-state index contributed by atoms with van der Waals surface area (Å²) in [6.45, 7) is 5.31. The molecule has 0 spiro atoms. The van der Waals surface area contributed by atoms with Crippen LogP contribution in [-0.2, 0) is 11.2 Å². The highest BCUT2D eigenvalue weighted by molar-refractivity contribution is 5.96. The summed E-state index contributed by atoms with van der Waals surface area (Å²) in [4.78, 5) is 39.7. The van der Waals surface area contributed by atoms with E-state index in [-0.39, 0.29) is 17.9 Å². The van der Waals surface area contributed by atoms with E-state index < -0.39 is 0 Å². The van der Waals surface area contributed by atoms with Gasteiger partial charge >= 0.3 is 0 Å². The van der Waals surface area contributed by atoms with Gasteiger partial charge in [0.15, 0.2) is 5.82 Å². The van der Waals surface area contributed by atoms with Crippen LogP contribution < -0.4 is 4.90 Å². The van der Waals surface area contributed by atoms with Crippen LogP contribution in [0.4, 0.5) is 5.82 Å². The summed E-state index contributed by atoms with van der Waals surface area (Å²) >= 11 is 0. The minimum atomic E-state index is -0.172. The number of aromatic nitrogens is 4. The van der Waals surface area contributed by atoms with Gasteiger partial charge in [0.25, 0.3) is 5.91 Å². The fraction of sp³-hybridized carbons (Fsp3) is 0.625. The topological polar surface area (TPSA) is 95.1 Å². The second-order valence-corrected chi connectivity index (χ2v) is 9.54. The minimum absolute atomic E-state index is 0.0344. The molecule has 0 aromatic carbocycles. The van der Waals surface area contributed by atoms with E-state index in [0.29, 0.717) is 36.7 Å². The molecule has 2 aliphatic heterocycles. The number of aromatic amines is 1. The summed E-state index contributed by atoms with van der Waals surface area (Å²) in [5, 5.41) is 6.86. The van der Waals surface area contributed by atoms with Crippen LogP contribution in [0.1, 0.15) is 90.5 Å². The zero-order valence-corrected chi connectivity index (χ0v) is 19.1. The number of aryl methyl sites for hydroxylation is 2. The van der Waals surface area contributed by atoms with Crippen LogP contribution in [0, 0.1) is 19.8 Å². The number of nitrogens with zero attached hydrogens (tertiary/aromatic N) is 5. The van der Waals surface area contributed by atoms with Crippen molar-refractivity contribution in [3.63, 3.8) is 0 Å². The molecule has 2 amide bonds. The molecule has 3 aliphatic rings. The molecular formula is C24H32N6O2. The highest BCUT2D eigenvalue weighted by Crippen LogP contribution is 2.36. The fourth-order valence-corrected chi connectivity index (χ4v) is 5.57. The van der Waals surface area contributed by atoms with Gasteiger partial charge in [0.1, 0.15) is 5.82 Å². The molecule has 2 aromatic rings. The van der Waals surface area contributed by atoms with E-state index in [1.165, 1.54) is 32.1 Å². The third-order valence-electron chi connectivity index (χ3n) is 7.39. The van der Waals surface area contributed by atoms with Gasteiger partial charge in [0, 0.05) is 36.5 Å². The summed E-state index contributed by atoms with van der Waals surface area (Å²) in [5.74, 6) is 2.13. The van der Waals surface area contributed by atoms with E-state index in [1.807, 2.05) is 23.6 Å². The predicted molar refractivity (Wildman–Crippen MR) is 120 cm³/mol. The van der Waals surface area contributed by atoms with E-state index in [4.69, 9.17) is 9.97 Å². The van der Waals surface area contributed by atoms with E-state index in [1.54, 1.807) is 6.20 Å². The molecule has 1 unspecified atom stereocenters. The number of anilines is 1. The molecule has 5 rings (SSSR count). The number of hydrogen-bond acceptors (Lipinski definition) is 5. The molecule has 8 nitrogen and oxygen atoms in total. The van der Waals surface area contributed by atoms with E-state index in [0.717, 1.165) is 42.2 Å². The Hall–Kier alpha value is -2.77. The van der Waals surface area contributed by atoms with Gasteiger partial charge in [0.2, 0.25) is 5.91 Å². The average Bonchev–Trinajstić information content (AvgIpc) is 3.45. The normalized spacial score (nSPS) is 21.8. The Balaban J connectivity index is 1.46. The van der Waals surface area contributed by atoms with Crippen LogP contribution in [0.25, 0.3) is 0 Å². The minimum Gasteiger partial charge on any atom is -0.328 e. The average molecular weight is 437 g/mol. The molecule has 1 N–H and O–H groups in total. The number of nitrogens with one attached hydrogen (secondary N) is 1. The van der Waals surface area contributed by atoms with Crippen LogP contribution in [0.5, 0.6) is 0 Å². The molecule has 0 radical (unpaired) electrons.